The van der Waals surface area contributed by atoms with Gasteiger partial charge in [-0.3, -0.25) is 0 Å². The molecule has 1 unspecified atom stereocenters. The van der Waals surface area contributed by atoms with Crippen LogP contribution in [-0.4, -0.2) is 10.1 Å². The molecule has 1 atom stereocenters. The Morgan fingerprint density at radius 2 is 2.47 bits per heavy atom. The Morgan fingerprint density at radius 3 is 3.27 bits per heavy atom. The zero-order chi connectivity index (χ0) is 10.3. The molecule has 0 spiro atoms. The number of rotatable bonds is 1. The molecule has 3 nitrogen and oxygen atoms in total. The number of hydrogen-bond donors (Lipinski definition) is 0. The maximum atomic E-state index is 5.27. The van der Waals surface area contributed by atoms with Crippen molar-refractivity contribution in [2.45, 2.75) is 25.2 Å². The van der Waals surface area contributed by atoms with Crippen LogP contribution >= 0.6 is 33.9 Å². The Hall–Kier alpha value is -0.430. The van der Waals surface area contributed by atoms with Gasteiger partial charge in [-0.05, 0) is 36.3 Å². The fraction of sp³-hybridized carbons (Fsp3) is 0.400. The minimum atomic E-state index is 0.330. The van der Waals surface area contributed by atoms with Crippen molar-refractivity contribution in [1.82, 2.24) is 10.1 Å². The van der Waals surface area contributed by atoms with E-state index in [0.717, 1.165) is 12.3 Å². The summed E-state index contributed by atoms with van der Waals surface area (Å²) in [4.78, 5) is 5.81. The molecular formula is C10H9IN2OS. The summed E-state index contributed by atoms with van der Waals surface area (Å²) in [5, 5.41) is 6.01. The van der Waals surface area contributed by atoms with Crippen molar-refractivity contribution < 1.29 is 4.52 Å². The molecule has 1 aliphatic carbocycles. The third-order valence-corrected chi connectivity index (χ3v) is 4.20. The maximum absolute atomic E-state index is 5.27. The van der Waals surface area contributed by atoms with E-state index in [-0.39, 0.29) is 0 Å². The molecule has 0 aromatic carbocycles. The van der Waals surface area contributed by atoms with Gasteiger partial charge in [-0.2, -0.15) is 4.98 Å². The highest BCUT2D eigenvalue weighted by molar-refractivity contribution is 14.1. The fourth-order valence-electron chi connectivity index (χ4n) is 2.10. The molecule has 0 radical (unpaired) electrons. The SMILES string of the molecule is Ic1noc(C2CCCc3sccc32)n1. The topological polar surface area (TPSA) is 38.9 Å². The van der Waals surface area contributed by atoms with Crippen molar-refractivity contribution >= 4 is 33.9 Å². The molecule has 2 heterocycles. The molecule has 0 aliphatic heterocycles. The van der Waals surface area contributed by atoms with Gasteiger partial charge in [0.1, 0.15) is 0 Å². The van der Waals surface area contributed by atoms with Gasteiger partial charge in [-0.1, -0.05) is 5.16 Å². The smallest absolute Gasteiger partial charge is 0.234 e. The highest BCUT2D eigenvalue weighted by atomic mass is 127. The molecule has 0 N–H and O–H groups in total. The first-order chi connectivity index (χ1) is 7.34. The van der Waals surface area contributed by atoms with Crippen LogP contribution in [0.25, 0.3) is 0 Å². The first-order valence-electron chi connectivity index (χ1n) is 4.90. The molecule has 78 valence electrons. The van der Waals surface area contributed by atoms with Crippen LogP contribution in [0, 0.1) is 3.83 Å². The summed E-state index contributed by atoms with van der Waals surface area (Å²) in [5.41, 5.74) is 1.39. The van der Waals surface area contributed by atoms with Gasteiger partial charge in [-0.15, -0.1) is 11.3 Å². The quantitative estimate of drug-likeness (QED) is 0.753. The van der Waals surface area contributed by atoms with Gasteiger partial charge in [0.25, 0.3) is 0 Å². The Kier molecular flexibility index (Phi) is 2.51. The molecule has 15 heavy (non-hydrogen) atoms. The third-order valence-electron chi connectivity index (χ3n) is 2.77. The van der Waals surface area contributed by atoms with Gasteiger partial charge in [0, 0.05) is 27.5 Å². The summed E-state index contributed by atoms with van der Waals surface area (Å²) in [6.07, 6.45) is 3.55. The number of hydrogen-bond acceptors (Lipinski definition) is 4. The summed E-state index contributed by atoms with van der Waals surface area (Å²) >= 11 is 3.92. The van der Waals surface area contributed by atoms with Crippen molar-refractivity contribution in [3.8, 4) is 0 Å². The van der Waals surface area contributed by atoms with Gasteiger partial charge in [-0.25, -0.2) is 0 Å². The molecule has 2 aromatic rings. The summed E-state index contributed by atoms with van der Waals surface area (Å²) in [5.74, 6) is 1.11. The minimum Gasteiger partial charge on any atom is -0.338 e. The van der Waals surface area contributed by atoms with Crippen molar-refractivity contribution in [2.24, 2.45) is 0 Å². The second kappa shape index (κ2) is 3.86. The Morgan fingerprint density at radius 1 is 1.53 bits per heavy atom. The molecule has 5 heteroatoms. The zero-order valence-corrected chi connectivity index (χ0v) is 10.9. The van der Waals surface area contributed by atoms with Crippen LogP contribution in [0.3, 0.4) is 0 Å². The molecule has 0 saturated heterocycles. The van der Waals surface area contributed by atoms with E-state index in [9.17, 15) is 0 Å². The summed E-state index contributed by atoms with van der Waals surface area (Å²) in [6, 6.07) is 2.20. The Balaban J connectivity index is 2.02. The predicted octanol–water partition coefficient (Wildman–Crippen LogP) is 3.20. The lowest BCUT2D eigenvalue weighted by Crippen LogP contribution is -2.08. The van der Waals surface area contributed by atoms with Crippen LogP contribution in [-0.2, 0) is 6.42 Å². The molecule has 0 saturated carbocycles. The second-order valence-corrected chi connectivity index (χ2v) is 5.61. The average molecular weight is 332 g/mol. The number of thiophene rings is 1. The highest BCUT2D eigenvalue weighted by Crippen LogP contribution is 2.38. The number of fused-ring (bicyclic) bond motifs is 1. The minimum absolute atomic E-state index is 0.330. The normalized spacial score (nSPS) is 20.2. The lowest BCUT2D eigenvalue weighted by Gasteiger charge is -2.18. The van der Waals surface area contributed by atoms with Crippen LogP contribution in [0.1, 0.15) is 35.1 Å². The molecule has 3 rings (SSSR count). The lowest BCUT2D eigenvalue weighted by molar-refractivity contribution is 0.352. The lowest BCUT2D eigenvalue weighted by atomic mass is 9.88. The molecule has 0 bridgehead atoms. The van der Waals surface area contributed by atoms with E-state index < -0.39 is 0 Å². The van der Waals surface area contributed by atoms with Crippen LogP contribution < -0.4 is 0 Å². The first-order valence-corrected chi connectivity index (χ1v) is 6.86. The zero-order valence-electron chi connectivity index (χ0n) is 7.94. The van der Waals surface area contributed by atoms with Crippen LogP contribution in [0.4, 0.5) is 0 Å². The Labute approximate surface area is 105 Å². The number of nitrogens with zero attached hydrogens (tertiary/aromatic N) is 2. The average Bonchev–Trinajstić information content (AvgIpc) is 2.84. The van der Waals surface area contributed by atoms with Crippen LogP contribution in [0.2, 0.25) is 0 Å². The van der Waals surface area contributed by atoms with Crippen molar-refractivity contribution in [3.05, 3.63) is 31.6 Å². The van der Waals surface area contributed by atoms with Gasteiger partial charge in [0.2, 0.25) is 9.72 Å². The predicted molar refractivity (Wildman–Crippen MR) is 66.1 cm³/mol. The fourth-order valence-corrected chi connectivity index (χ4v) is 3.42. The number of halogens is 1. The third kappa shape index (κ3) is 1.71. The van der Waals surface area contributed by atoms with E-state index in [0.29, 0.717) is 9.75 Å². The van der Waals surface area contributed by atoms with E-state index in [1.54, 1.807) is 0 Å². The Bertz CT molecular complexity index is 479. The second-order valence-electron chi connectivity index (χ2n) is 3.65. The molecule has 0 fully saturated rings. The number of aromatic nitrogens is 2. The maximum Gasteiger partial charge on any atom is 0.234 e. The monoisotopic (exact) mass is 332 g/mol. The van der Waals surface area contributed by atoms with Crippen molar-refractivity contribution in [2.75, 3.05) is 0 Å². The van der Waals surface area contributed by atoms with Crippen molar-refractivity contribution in [3.63, 3.8) is 0 Å². The first kappa shape index (κ1) is 9.77. The van der Waals surface area contributed by atoms with E-state index in [1.807, 2.05) is 11.3 Å². The van der Waals surface area contributed by atoms with Crippen molar-refractivity contribution in [1.29, 1.82) is 0 Å². The summed E-state index contributed by atoms with van der Waals surface area (Å²) in [7, 11) is 0. The van der Waals surface area contributed by atoms with Gasteiger partial charge < -0.3 is 4.52 Å². The molecular weight excluding hydrogens is 323 g/mol. The van der Waals surface area contributed by atoms with E-state index in [1.165, 1.54) is 23.3 Å². The molecule has 1 aliphatic rings. The molecule has 2 aromatic heterocycles. The van der Waals surface area contributed by atoms with Gasteiger partial charge >= 0.3 is 0 Å². The van der Waals surface area contributed by atoms with E-state index in [2.05, 4.69) is 44.2 Å². The molecule has 0 amide bonds. The van der Waals surface area contributed by atoms with E-state index >= 15 is 0 Å². The van der Waals surface area contributed by atoms with Gasteiger partial charge in [0.05, 0.1) is 5.92 Å². The van der Waals surface area contributed by atoms with E-state index in [4.69, 9.17) is 4.52 Å². The van der Waals surface area contributed by atoms with Crippen LogP contribution in [0.5, 0.6) is 0 Å². The van der Waals surface area contributed by atoms with Gasteiger partial charge in [0.15, 0.2) is 0 Å². The highest BCUT2D eigenvalue weighted by Gasteiger charge is 2.26. The summed E-state index contributed by atoms with van der Waals surface area (Å²) in [6.45, 7) is 0. The summed E-state index contributed by atoms with van der Waals surface area (Å²) < 4.78 is 5.97. The van der Waals surface area contributed by atoms with Crippen LogP contribution in [0.15, 0.2) is 16.0 Å². The number of aryl methyl sites for hydroxylation is 1. The largest absolute Gasteiger partial charge is 0.338 e. The standard InChI is InChI=1S/C10H9IN2OS/c11-10-12-9(14-13-10)7-2-1-3-8-6(7)4-5-15-8/h4-5,7H,1-3H2.